The van der Waals surface area contributed by atoms with E-state index in [0.29, 0.717) is 0 Å². The molecule has 0 spiro atoms. The second kappa shape index (κ2) is 9.32. The highest BCUT2D eigenvalue weighted by atomic mass is 16.5. The highest BCUT2D eigenvalue weighted by Crippen LogP contribution is 2.21. The molecule has 0 atom stereocenters. The fourth-order valence-electron chi connectivity index (χ4n) is 2.55. The van der Waals surface area contributed by atoms with Crippen molar-refractivity contribution >= 4 is 5.91 Å². The van der Waals surface area contributed by atoms with Gasteiger partial charge in [-0.1, -0.05) is 19.3 Å². The molecule has 0 aromatic carbocycles. The van der Waals surface area contributed by atoms with Crippen molar-refractivity contribution in [1.82, 2.24) is 10.2 Å². The van der Waals surface area contributed by atoms with Crippen LogP contribution in [0.25, 0.3) is 0 Å². The topological polar surface area (TPSA) is 41.6 Å². The molecule has 1 aliphatic carbocycles. The quantitative estimate of drug-likeness (QED) is 0.687. The maximum absolute atomic E-state index is 11.4. The third-order valence-corrected chi connectivity index (χ3v) is 3.76. The smallest absolute Gasteiger partial charge is 0.246 e. The summed E-state index contributed by atoms with van der Waals surface area (Å²) in [4.78, 5) is 13.9. The molecule has 1 aliphatic rings. The van der Waals surface area contributed by atoms with E-state index in [4.69, 9.17) is 4.74 Å². The highest BCUT2D eigenvalue weighted by Gasteiger charge is 2.17. The Morgan fingerprint density at radius 2 is 2.00 bits per heavy atom. The Morgan fingerprint density at radius 1 is 1.32 bits per heavy atom. The van der Waals surface area contributed by atoms with Crippen LogP contribution in [0.4, 0.5) is 0 Å². The van der Waals surface area contributed by atoms with Gasteiger partial charge in [-0.05, 0) is 46.7 Å². The molecule has 112 valence electrons. The van der Waals surface area contributed by atoms with Crippen LogP contribution in [0.3, 0.4) is 0 Å². The summed E-state index contributed by atoms with van der Waals surface area (Å²) in [5.41, 5.74) is 0. The minimum absolute atomic E-state index is 0.00554. The second-order valence-corrected chi connectivity index (χ2v) is 5.84. The Labute approximate surface area is 117 Å². The van der Waals surface area contributed by atoms with Gasteiger partial charge in [0.1, 0.15) is 6.61 Å². The average Bonchev–Trinajstić information content (AvgIpc) is 2.42. The monoisotopic (exact) mass is 270 g/mol. The molecule has 1 amide bonds. The lowest BCUT2D eigenvalue weighted by atomic mass is 9.94. The van der Waals surface area contributed by atoms with Crippen LogP contribution in [-0.4, -0.2) is 49.7 Å². The summed E-state index contributed by atoms with van der Waals surface area (Å²) in [7, 11) is 2.21. The van der Waals surface area contributed by atoms with E-state index in [2.05, 4.69) is 17.3 Å². The van der Waals surface area contributed by atoms with Gasteiger partial charge in [-0.2, -0.15) is 0 Å². The lowest BCUT2D eigenvalue weighted by molar-refractivity contribution is -0.127. The average molecular weight is 270 g/mol. The molecule has 0 heterocycles. The fourth-order valence-corrected chi connectivity index (χ4v) is 2.55. The number of nitrogens with zero attached hydrogens (tertiary/aromatic N) is 1. The number of carbonyl (C=O) groups excluding carboxylic acids is 1. The zero-order valence-corrected chi connectivity index (χ0v) is 12.8. The predicted octanol–water partition coefficient (Wildman–Crippen LogP) is 2.18. The van der Waals surface area contributed by atoms with Crippen molar-refractivity contribution in [3.8, 4) is 0 Å². The normalized spacial score (nSPS) is 17.1. The maximum Gasteiger partial charge on any atom is 0.246 e. The van der Waals surface area contributed by atoms with Crippen LogP contribution in [0.2, 0.25) is 0 Å². The number of hydrogen-bond acceptors (Lipinski definition) is 3. The molecule has 19 heavy (non-hydrogen) atoms. The molecule has 4 nitrogen and oxygen atoms in total. The first-order chi connectivity index (χ1) is 9.09. The third-order valence-electron chi connectivity index (χ3n) is 3.76. The first-order valence-electron chi connectivity index (χ1n) is 7.68. The summed E-state index contributed by atoms with van der Waals surface area (Å²) in [5.74, 6) is -0.00554. The lowest BCUT2D eigenvalue weighted by Crippen LogP contribution is -2.36. The maximum atomic E-state index is 11.4. The van der Waals surface area contributed by atoms with E-state index in [9.17, 15) is 4.79 Å². The third kappa shape index (κ3) is 7.53. The van der Waals surface area contributed by atoms with E-state index < -0.39 is 0 Å². The largest absolute Gasteiger partial charge is 0.369 e. The van der Waals surface area contributed by atoms with Gasteiger partial charge in [-0.3, -0.25) is 4.79 Å². The molecule has 1 fully saturated rings. The Balaban J connectivity index is 2.01. The minimum atomic E-state index is -0.00554. The Morgan fingerprint density at radius 3 is 2.63 bits per heavy atom. The Hall–Kier alpha value is -0.610. The zero-order valence-electron chi connectivity index (χ0n) is 12.8. The number of hydrogen-bond donors (Lipinski definition) is 1. The Bertz CT molecular complexity index is 251. The number of ether oxygens (including phenoxy) is 1. The molecule has 0 aromatic heterocycles. The molecule has 0 aromatic rings. The Kier molecular flexibility index (Phi) is 8.07. The van der Waals surface area contributed by atoms with Crippen LogP contribution < -0.4 is 5.32 Å². The first kappa shape index (κ1) is 16.4. The van der Waals surface area contributed by atoms with Gasteiger partial charge in [0.15, 0.2) is 0 Å². The van der Waals surface area contributed by atoms with E-state index in [1.165, 1.54) is 32.1 Å². The van der Waals surface area contributed by atoms with Gasteiger partial charge >= 0.3 is 0 Å². The lowest BCUT2D eigenvalue weighted by Gasteiger charge is -2.31. The van der Waals surface area contributed by atoms with Crippen molar-refractivity contribution < 1.29 is 9.53 Å². The molecule has 4 heteroatoms. The fraction of sp³-hybridized carbons (Fsp3) is 0.933. The number of rotatable bonds is 8. The number of nitrogens with one attached hydrogen (secondary N) is 1. The summed E-state index contributed by atoms with van der Waals surface area (Å²) in [6, 6.07) is 0.758. The van der Waals surface area contributed by atoms with Crippen LogP contribution >= 0.6 is 0 Å². The molecule has 0 radical (unpaired) electrons. The van der Waals surface area contributed by atoms with Gasteiger partial charge in [0.25, 0.3) is 0 Å². The summed E-state index contributed by atoms with van der Waals surface area (Å²) in [6.45, 7) is 5.86. The molecule has 0 aliphatic heterocycles. The summed E-state index contributed by atoms with van der Waals surface area (Å²) in [6.07, 6.45) is 7.95. The minimum Gasteiger partial charge on any atom is -0.369 e. The molecule has 0 unspecified atom stereocenters. The van der Waals surface area contributed by atoms with Crippen molar-refractivity contribution in [3.63, 3.8) is 0 Å². The molecule has 1 N–H and O–H groups in total. The van der Waals surface area contributed by atoms with Crippen molar-refractivity contribution in [3.05, 3.63) is 0 Å². The summed E-state index contributed by atoms with van der Waals surface area (Å²) in [5, 5.41) is 2.91. The molecule has 0 bridgehead atoms. The van der Waals surface area contributed by atoms with Crippen LogP contribution in [0.5, 0.6) is 0 Å². The standard InChI is InChI=1S/C15H30N2O2/c1-13(2)19-12-15(18)16-10-7-11-17(3)14-8-5-4-6-9-14/h13-14H,4-12H2,1-3H3,(H,16,18). The molecule has 0 saturated heterocycles. The number of amides is 1. The predicted molar refractivity (Wildman–Crippen MR) is 78.2 cm³/mol. The van der Waals surface area contributed by atoms with Crippen LogP contribution in [-0.2, 0) is 9.53 Å². The van der Waals surface area contributed by atoms with E-state index in [1.54, 1.807) is 0 Å². The number of carbonyl (C=O) groups is 1. The summed E-state index contributed by atoms with van der Waals surface area (Å²) < 4.78 is 5.25. The molecular formula is C15H30N2O2. The van der Waals surface area contributed by atoms with Gasteiger partial charge in [0.2, 0.25) is 5.91 Å². The summed E-state index contributed by atoms with van der Waals surface area (Å²) >= 11 is 0. The van der Waals surface area contributed by atoms with Gasteiger partial charge in [0, 0.05) is 12.6 Å². The van der Waals surface area contributed by atoms with E-state index in [1.807, 2.05) is 13.8 Å². The van der Waals surface area contributed by atoms with Crippen LogP contribution in [0.15, 0.2) is 0 Å². The van der Waals surface area contributed by atoms with Gasteiger partial charge in [-0.25, -0.2) is 0 Å². The van der Waals surface area contributed by atoms with Gasteiger partial charge in [0.05, 0.1) is 6.10 Å². The van der Waals surface area contributed by atoms with Crippen LogP contribution in [0.1, 0.15) is 52.4 Å². The van der Waals surface area contributed by atoms with Gasteiger partial charge < -0.3 is 15.0 Å². The van der Waals surface area contributed by atoms with Crippen LogP contribution in [0, 0.1) is 0 Å². The molecule has 1 saturated carbocycles. The van der Waals surface area contributed by atoms with E-state index >= 15 is 0 Å². The van der Waals surface area contributed by atoms with E-state index in [-0.39, 0.29) is 18.6 Å². The molecule has 1 rings (SSSR count). The van der Waals surface area contributed by atoms with Crippen molar-refractivity contribution in [2.45, 2.75) is 64.5 Å². The highest BCUT2D eigenvalue weighted by molar-refractivity contribution is 5.77. The SMILES string of the molecule is CC(C)OCC(=O)NCCCN(C)C1CCCCC1. The van der Waals surface area contributed by atoms with Gasteiger partial charge in [-0.15, -0.1) is 0 Å². The first-order valence-corrected chi connectivity index (χ1v) is 7.68. The van der Waals surface area contributed by atoms with Crippen molar-refractivity contribution in [2.24, 2.45) is 0 Å². The van der Waals surface area contributed by atoms with E-state index in [0.717, 1.165) is 25.6 Å². The second-order valence-electron chi connectivity index (χ2n) is 5.84. The van der Waals surface area contributed by atoms with Crippen molar-refractivity contribution in [1.29, 1.82) is 0 Å². The van der Waals surface area contributed by atoms with Crippen molar-refractivity contribution in [2.75, 3.05) is 26.7 Å². The zero-order chi connectivity index (χ0) is 14.1. The molecular weight excluding hydrogens is 240 g/mol.